The van der Waals surface area contributed by atoms with E-state index in [0.29, 0.717) is 18.8 Å². The number of nitrogens with one attached hydrogen (secondary N) is 2. The Labute approximate surface area is 105 Å². The van der Waals surface area contributed by atoms with Gasteiger partial charge < -0.3 is 20.8 Å². The second-order valence-corrected chi connectivity index (χ2v) is 4.29. The number of furan rings is 1. The lowest BCUT2D eigenvalue weighted by molar-refractivity contribution is -0.122. The molecular weight excluding hydrogens is 234 g/mol. The predicted molar refractivity (Wildman–Crippen MR) is 64.7 cm³/mol. The van der Waals surface area contributed by atoms with Crippen molar-refractivity contribution in [3.63, 3.8) is 0 Å². The minimum Gasteiger partial charge on any atom is -0.455 e. The summed E-state index contributed by atoms with van der Waals surface area (Å²) >= 11 is 0. The summed E-state index contributed by atoms with van der Waals surface area (Å²) in [5, 5.41) is 5.43. The molecule has 0 aromatic carbocycles. The Morgan fingerprint density at radius 1 is 1.28 bits per heavy atom. The van der Waals surface area contributed by atoms with E-state index in [9.17, 15) is 9.59 Å². The van der Waals surface area contributed by atoms with Gasteiger partial charge in [-0.3, -0.25) is 9.59 Å². The SMILES string of the molecule is NCc1ccc(C(=O)NCCNC(=O)C2CC2)o1. The average Bonchev–Trinajstić information content (AvgIpc) is 3.12. The van der Waals surface area contributed by atoms with Crippen LogP contribution >= 0.6 is 0 Å². The van der Waals surface area contributed by atoms with Crippen LogP contribution in [0.1, 0.15) is 29.2 Å². The number of hydrogen-bond donors (Lipinski definition) is 3. The third kappa shape index (κ3) is 3.33. The van der Waals surface area contributed by atoms with Gasteiger partial charge in [-0.2, -0.15) is 0 Å². The molecule has 2 rings (SSSR count). The van der Waals surface area contributed by atoms with E-state index in [2.05, 4.69) is 10.6 Å². The topological polar surface area (TPSA) is 97.4 Å². The van der Waals surface area contributed by atoms with Crippen molar-refractivity contribution in [1.29, 1.82) is 0 Å². The lowest BCUT2D eigenvalue weighted by Crippen LogP contribution is -2.35. The van der Waals surface area contributed by atoms with E-state index in [0.717, 1.165) is 12.8 Å². The summed E-state index contributed by atoms with van der Waals surface area (Å²) in [6.45, 7) is 1.09. The first-order chi connectivity index (χ1) is 8.70. The van der Waals surface area contributed by atoms with Gasteiger partial charge in [0, 0.05) is 19.0 Å². The van der Waals surface area contributed by atoms with Crippen molar-refractivity contribution in [2.45, 2.75) is 19.4 Å². The van der Waals surface area contributed by atoms with Gasteiger partial charge >= 0.3 is 0 Å². The quantitative estimate of drug-likeness (QED) is 0.620. The summed E-state index contributed by atoms with van der Waals surface area (Å²) in [6, 6.07) is 3.25. The summed E-state index contributed by atoms with van der Waals surface area (Å²) in [5.41, 5.74) is 5.38. The van der Waals surface area contributed by atoms with Crippen molar-refractivity contribution in [2.75, 3.05) is 13.1 Å². The molecule has 1 aromatic rings. The van der Waals surface area contributed by atoms with Crippen molar-refractivity contribution in [3.8, 4) is 0 Å². The third-order valence-electron chi connectivity index (χ3n) is 2.74. The van der Waals surface area contributed by atoms with Crippen molar-refractivity contribution in [1.82, 2.24) is 10.6 Å². The minimum atomic E-state index is -0.296. The molecule has 0 unspecified atom stereocenters. The van der Waals surface area contributed by atoms with E-state index in [1.807, 2.05) is 0 Å². The Morgan fingerprint density at radius 3 is 2.61 bits per heavy atom. The lowest BCUT2D eigenvalue weighted by Gasteiger charge is -2.05. The van der Waals surface area contributed by atoms with Crippen LogP contribution in [0.25, 0.3) is 0 Å². The van der Waals surface area contributed by atoms with Gasteiger partial charge in [0.25, 0.3) is 5.91 Å². The number of carbonyl (C=O) groups is 2. The van der Waals surface area contributed by atoms with Crippen molar-refractivity contribution in [2.24, 2.45) is 11.7 Å². The molecule has 1 saturated carbocycles. The Balaban J connectivity index is 1.66. The molecule has 6 heteroatoms. The van der Waals surface area contributed by atoms with Gasteiger partial charge in [0.2, 0.25) is 5.91 Å². The van der Waals surface area contributed by atoms with Crippen molar-refractivity contribution >= 4 is 11.8 Å². The monoisotopic (exact) mass is 251 g/mol. The third-order valence-corrected chi connectivity index (χ3v) is 2.74. The molecule has 1 aliphatic rings. The molecule has 6 nitrogen and oxygen atoms in total. The number of carbonyl (C=O) groups excluding carboxylic acids is 2. The molecule has 0 atom stereocenters. The molecule has 0 spiro atoms. The highest BCUT2D eigenvalue weighted by molar-refractivity contribution is 5.91. The zero-order valence-corrected chi connectivity index (χ0v) is 10.1. The minimum absolute atomic E-state index is 0.0765. The predicted octanol–water partition coefficient (Wildman–Crippen LogP) is -0.00570. The van der Waals surface area contributed by atoms with Crippen LogP contribution in [0, 0.1) is 5.92 Å². The second-order valence-electron chi connectivity index (χ2n) is 4.29. The highest BCUT2D eigenvalue weighted by atomic mass is 16.4. The molecule has 0 bridgehead atoms. The molecule has 0 radical (unpaired) electrons. The van der Waals surface area contributed by atoms with Crippen molar-refractivity contribution in [3.05, 3.63) is 23.7 Å². The molecule has 1 fully saturated rings. The molecule has 0 aliphatic heterocycles. The van der Waals surface area contributed by atoms with E-state index < -0.39 is 0 Å². The normalized spacial score (nSPS) is 14.3. The van der Waals surface area contributed by atoms with Crippen LogP contribution in [0.15, 0.2) is 16.5 Å². The fourth-order valence-electron chi connectivity index (χ4n) is 1.55. The van der Waals surface area contributed by atoms with Crippen LogP contribution in [0.5, 0.6) is 0 Å². The maximum absolute atomic E-state index is 11.6. The van der Waals surface area contributed by atoms with Gasteiger partial charge in [0.1, 0.15) is 5.76 Å². The smallest absolute Gasteiger partial charge is 0.287 e. The average molecular weight is 251 g/mol. The number of rotatable bonds is 6. The molecule has 4 N–H and O–H groups in total. The van der Waals surface area contributed by atoms with Crippen LogP contribution in [-0.2, 0) is 11.3 Å². The van der Waals surface area contributed by atoms with Gasteiger partial charge in [0.05, 0.1) is 6.54 Å². The van der Waals surface area contributed by atoms with Gasteiger partial charge in [-0.1, -0.05) is 0 Å². The summed E-state index contributed by atoms with van der Waals surface area (Å²) in [7, 11) is 0. The fourth-order valence-corrected chi connectivity index (χ4v) is 1.55. The molecule has 1 aromatic heterocycles. The van der Waals surface area contributed by atoms with Gasteiger partial charge in [-0.15, -0.1) is 0 Å². The molecule has 18 heavy (non-hydrogen) atoms. The van der Waals surface area contributed by atoms with Crippen LogP contribution < -0.4 is 16.4 Å². The van der Waals surface area contributed by atoms with Crippen LogP contribution in [0.2, 0.25) is 0 Å². The maximum atomic E-state index is 11.6. The van der Waals surface area contributed by atoms with Crippen molar-refractivity contribution < 1.29 is 14.0 Å². The Bertz CT molecular complexity index is 438. The van der Waals surface area contributed by atoms with Crippen LogP contribution in [-0.4, -0.2) is 24.9 Å². The first kappa shape index (κ1) is 12.6. The largest absolute Gasteiger partial charge is 0.455 e. The fraction of sp³-hybridized carbons (Fsp3) is 0.500. The first-order valence-electron chi connectivity index (χ1n) is 6.05. The zero-order chi connectivity index (χ0) is 13.0. The zero-order valence-electron chi connectivity index (χ0n) is 10.1. The lowest BCUT2D eigenvalue weighted by atomic mass is 10.4. The summed E-state index contributed by atoms with van der Waals surface area (Å²) < 4.78 is 5.20. The molecule has 1 aliphatic carbocycles. The number of amides is 2. The van der Waals surface area contributed by atoms with E-state index in [1.165, 1.54) is 0 Å². The Hall–Kier alpha value is -1.82. The van der Waals surface area contributed by atoms with E-state index in [1.54, 1.807) is 12.1 Å². The summed E-state index contributed by atoms with van der Waals surface area (Å²) in [4.78, 5) is 22.9. The van der Waals surface area contributed by atoms with E-state index in [4.69, 9.17) is 10.2 Å². The summed E-state index contributed by atoms with van der Waals surface area (Å²) in [5.74, 6) is 0.784. The highest BCUT2D eigenvalue weighted by Gasteiger charge is 2.28. The summed E-state index contributed by atoms with van der Waals surface area (Å²) in [6.07, 6.45) is 1.96. The molecule has 2 amide bonds. The molecular formula is C12H17N3O3. The number of nitrogens with two attached hydrogens (primary N) is 1. The maximum Gasteiger partial charge on any atom is 0.287 e. The molecule has 1 heterocycles. The standard InChI is InChI=1S/C12H17N3O3/c13-7-9-3-4-10(18-9)12(17)15-6-5-14-11(16)8-1-2-8/h3-4,8H,1-2,5-7,13H2,(H,14,16)(H,15,17). The van der Waals surface area contributed by atoms with Crippen LogP contribution in [0.3, 0.4) is 0 Å². The molecule has 98 valence electrons. The van der Waals surface area contributed by atoms with Crippen LogP contribution in [0.4, 0.5) is 0 Å². The number of hydrogen-bond acceptors (Lipinski definition) is 4. The molecule has 0 saturated heterocycles. The Morgan fingerprint density at radius 2 is 2.00 bits per heavy atom. The van der Waals surface area contributed by atoms with Gasteiger partial charge in [-0.05, 0) is 25.0 Å². The second kappa shape index (κ2) is 5.68. The van der Waals surface area contributed by atoms with Gasteiger partial charge in [-0.25, -0.2) is 0 Å². The van der Waals surface area contributed by atoms with Gasteiger partial charge in [0.15, 0.2) is 5.76 Å². The Kier molecular flexibility index (Phi) is 3.99. The first-order valence-corrected chi connectivity index (χ1v) is 6.05. The highest BCUT2D eigenvalue weighted by Crippen LogP contribution is 2.28. The van der Waals surface area contributed by atoms with E-state index >= 15 is 0 Å². The van der Waals surface area contributed by atoms with E-state index in [-0.39, 0.29) is 30.0 Å².